The van der Waals surface area contributed by atoms with Crippen molar-refractivity contribution in [2.75, 3.05) is 7.11 Å². The zero-order chi connectivity index (χ0) is 14.0. The first kappa shape index (κ1) is 14.2. The lowest BCUT2D eigenvalue weighted by atomic mass is 9.99. The maximum atomic E-state index is 6.57. The number of alkyl halides is 1. The van der Waals surface area contributed by atoms with Crippen molar-refractivity contribution < 1.29 is 4.74 Å². The van der Waals surface area contributed by atoms with Crippen molar-refractivity contribution in [3.8, 4) is 5.75 Å². The number of ether oxygens (including phenoxy) is 1. The fourth-order valence-corrected chi connectivity index (χ4v) is 2.47. The molecule has 0 aliphatic carbocycles. The highest BCUT2D eigenvalue weighted by Gasteiger charge is 2.16. The molecule has 0 heterocycles. The number of hydrogen-bond acceptors (Lipinski definition) is 1. The molecule has 1 nitrogen and oxygen atoms in total. The summed E-state index contributed by atoms with van der Waals surface area (Å²) < 4.78 is 5.35. The zero-order valence-electron chi connectivity index (χ0n) is 11.2. The predicted octanol–water partition coefficient (Wildman–Crippen LogP) is 5.29. The smallest absolute Gasteiger partial charge is 0.125 e. The van der Waals surface area contributed by atoms with Crippen LogP contribution in [0.4, 0.5) is 0 Å². The Balaban J connectivity index is 2.43. The van der Waals surface area contributed by atoms with Crippen LogP contribution < -0.4 is 4.74 Å². The van der Waals surface area contributed by atoms with Gasteiger partial charge in [0.15, 0.2) is 0 Å². The number of halogens is 2. The molecule has 1 atom stereocenters. The highest BCUT2D eigenvalue weighted by atomic mass is 35.5. The summed E-state index contributed by atoms with van der Waals surface area (Å²) in [6.45, 7) is 4.17. The first-order valence-corrected chi connectivity index (χ1v) is 6.89. The number of methoxy groups -OCH3 is 1. The predicted molar refractivity (Wildman–Crippen MR) is 81.6 cm³/mol. The third-order valence-electron chi connectivity index (χ3n) is 3.29. The molecule has 0 saturated carbocycles. The van der Waals surface area contributed by atoms with Crippen LogP contribution in [-0.2, 0) is 0 Å². The number of aryl methyl sites for hydroxylation is 2. The van der Waals surface area contributed by atoms with Gasteiger partial charge in [0.2, 0.25) is 0 Å². The van der Waals surface area contributed by atoms with E-state index in [0.29, 0.717) is 10.8 Å². The molecule has 1 unspecified atom stereocenters. The maximum absolute atomic E-state index is 6.57. The van der Waals surface area contributed by atoms with Crippen LogP contribution in [0.15, 0.2) is 36.4 Å². The summed E-state index contributed by atoms with van der Waals surface area (Å²) in [5.74, 6) is 0.714. The van der Waals surface area contributed by atoms with Crippen molar-refractivity contribution in [2.24, 2.45) is 0 Å². The van der Waals surface area contributed by atoms with Crippen molar-refractivity contribution in [1.82, 2.24) is 0 Å². The molecule has 0 aromatic heterocycles. The number of hydrogen-bond donors (Lipinski definition) is 0. The van der Waals surface area contributed by atoms with E-state index < -0.39 is 0 Å². The van der Waals surface area contributed by atoms with Crippen LogP contribution in [0, 0.1) is 13.8 Å². The Morgan fingerprint density at radius 1 is 1.00 bits per heavy atom. The average molecular weight is 295 g/mol. The van der Waals surface area contributed by atoms with Crippen molar-refractivity contribution in [3.63, 3.8) is 0 Å². The molecule has 2 rings (SSSR count). The Labute approximate surface area is 124 Å². The summed E-state index contributed by atoms with van der Waals surface area (Å²) in [5.41, 5.74) is 4.48. The molecule has 0 aliphatic heterocycles. The van der Waals surface area contributed by atoms with E-state index in [2.05, 4.69) is 26.0 Å². The van der Waals surface area contributed by atoms with Crippen LogP contribution in [0.2, 0.25) is 5.02 Å². The lowest BCUT2D eigenvalue weighted by Gasteiger charge is -2.15. The summed E-state index contributed by atoms with van der Waals surface area (Å²) in [7, 11) is 1.62. The van der Waals surface area contributed by atoms with E-state index in [1.165, 1.54) is 11.1 Å². The Morgan fingerprint density at radius 2 is 1.74 bits per heavy atom. The summed E-state index contributed by atoms with van der Waals surface area (Å²) in [4.78, 5) is 0. The minimum atomic E-state index is -0.244. The molecule has 0 aliphatic rings. The number of benzene rings is 2. The molecule has 0 amide bonds. The maximum Gasteiger partial charge on any atom is 0.125 e. The van der Waals surface area contributed by atoms with Crippen molar-refractivity contribution in [3.05, 3.63) is 63.7 Å². The van der Waals surface area contributed by atoms with Crippen LogP contribution in [0.3, 0.4) is 0 Å². The topological polar surface area (TPSA) is 9.23 Å². The normalized spacial score (nSPS) is 12.3. The Morgan fingerprint density at radius 3 is 2.37 bits per heavy atom. The number of rotatable bonds is 3. The van der Waals surface area contributed by atoms with E-state index in [1.807, 2.05) is 18.2 Å². The molecule has 0 saturated heterocycles. The standard InChI is InChI=1S/C16H16Cl2O/c1-10-4-5-12(8-11(10)2)16(18)14-7-6-13(17)9-15(14)19-3/h4-9,16H,1-3H3. The largest absolute Gasteiger partial charge is 0.496 e. The van der Waals surface area contributed by atoms with Crippen molar-refractivity contribution in [2.45, 2.75) is 19.2 Å². The van der Waals surface area contributed by atoms with E-state index in [9.17, 15) is 0 Å². The molecule has 3 heteroatoms. The fourth-order valence-electron chi connectivity index (χ4n) is 2.00. The molecule has 0 radical (unpaired) electrons. The molecule has 19 heavy (non-hydrogen) atoms. The van der Waals surface area contributed by atoms with Gasteiger partial charge in [-0.2, -0.15) is 0 Å². The molecule has 100 valence electrons. The van der Waals surface area contributed by atoms with Gasteiger partial charge in [-0.1, -0.05) is 35.9 Å². The van der Waals surface area contributed by atoms with E-state index >= 15 is 0 Å². The van der Waals surface area contributed by atoms with Crippen molar-refractivity contribution in [1.29, 1.82) is 0 Å². The average Bonchev–Trinajstić information content (AvgIpc) is 2.41. The molecule has 2 aromatic rings. The first-order valence-electron chi connectivity index (χ1n) is 6.07. The summed E-state index contributed by atoms with van der Waals surface area (Å²) >= 11 is 12.5. The van der Waals surface area contributed by atoms with Gasteiger partial charge in [0.25, 0.3) is 0 Å². The minimum absolute atomic E-state index is 0.244. The van der Waals surface area contributed by atoms with Gasteiger partial charge in [-0.05, 0) is 42.7 Å². The van der Waals surface area contributed by atoms with Gasteiger partial charge in [0, 0.05) is 10.6 Å². The lowest BCUT2D eigenvalue weighted by molar-refractivity contribution is 0.410. The Hall–Kier alpha value is -1.18. The molecule has 0 spiro atoms. The quantitative estimate of drug-likeness (QED) is 0.699. The second kappa shape index (κ2) is 5.85. The van der Waals surface area contributed by atoms with Crippen LogP contribution in [0.5, 0.6) is 5.75 Å². The molecule has 0 N–H and O–H groups in total. The first-order chi connectivity index (χ1) is 9.02. The fraction of sp³-hybridized carbons (Fsp3) is 0.250. The third-order valence-corrected chi connectivity index (χ3v) is 4.01. The third kappa shape index (κ3) is 3.05. The van der Waals surface area contributed by atoms with Gasteiger partial charge in [0.05, 0.1) is 12.5 Å². The lowest BCUT2D eigenvalue weighted by Crippen LogP contribution is -1.98. The van der Waals surface area contributed by atoms with Gasteiger partial charge in [-0.25, -0.2) is 0 Å². The SMILES string of the molecule is COc1cc(Cl)ccc1C(Cl)c1ccc(C)c(C)c1. The van der Waals surface area contributed by atoms with Crippen LogP contribution >= 0.6 is 23.2 Å². The van der Waals surface area contributed by atoms with E-state index in [1.54, 1.807) is 13.2 Å². The zero-order valence-corrected chi connectivity index (χ0v) is 12.7. The second-order valence-electron chi connectivity index (χ2n) is 4.59. The van der Waals surface area contributed by atoms with Gasteiger partial charge in [-0.3, -0.25) is 0 Å². The van der Waals surface area contributed by atoms with E-state index in [-0.39, 0.29) is 5.38 Å². The highest BCUT2D eigenvalue weighted by Crippen LogP contribution is 2.36. The van der Waals surface area contributed by atoms with Crippen LogP contribution in [0.25, 0.3) is 0 Å². The molecular weight excluding hydrogens is 279 g/mol. The van der Waals surface area contributed by atoms with Crippen LogP contribution in [-0.4, -0.2) is 7.11 Å². The van der Waals surface area contributed by atoms with Gasteiger partial charge >= 0.3 is 0 Å². The van der Waals surface area contributed by atoms with Gasteiger partial charge in [-0.15, -0.1) is 11.6 Å². The summed E-state index contributed by atoms with van der Waals surface area (Å²) in [6, 6.07) is 11.8. The summed E-state index contributed by atoms with van der Waals surface area (Å²) in [6.07, 6.45) is 0. The minimum Gasteiger partial charge on any atom is -0.496 e. The molecule has 2 aromatic carbocycles. The highest BCUT2D eigenvalue weighted by molar-refractivity contribution is 6.30. The van der Waals surface area contributed by atoms with Crippen LogP contribution in [0.1, 0.15) is 27.6 Å². The summed E-state index contributed by atoms with van der Waals surface area (Å²) in [5, 5.41) is 0.399. The molecule has 0 fully saturated rings. The van der Waals surface area contributed by atoms with Gasteiger partial charge in [0.1, 0.15) is 5.75 Å². The van der Waals surface area contributed by atoms with Crippen molar-refractivity contribution >= 4 is 23.2 Å². The Kier molecular flexibility index (Phi) is 4.38. The Bertz CT molecular complexity index is 593. The monoisotopic (exact) mass is 294 g/mol. The van der Waals surface area contributed by atoms with E-state index in [4.69, 9.17) is 27.9 Å². The van der Waals surface area contributed by atoms with Gasteiger partial charge < -0.3 is 4.74 Å². The van der Waals surface area contributed by atoms with E-state index in [0.717, 1.165) is 11.1 Å². The molecular formula is C16H16Cl2O. The molecule has 0 bridgehead atoms. The second-order valence-corrected chi connectivity index (χ2v) is 5.47.